The van der Waals surface area contributed by atoms with E-state index < -0.39 is 0 Å². The van der Waals surface area contributed by atoms with Crippen LogP contribution in [-0.2, 0) is 13.0 Å². The predicted molar refractivity (Wildman–Crippen MR) is 155 cm³/mol. The molecule has 0 bridgehead atoms. The maximum Gasteiger partial charge on any atom is 0.273 e. The lowest BCUT2D eigenvalue weighted by atomic mass is 9.95. The number of ether oxygens (including phenoxy) is 1. The van der Waals surface area contributed by atoms with Crippen LogP contribution in [0.5, 0.6) is 5.75 Å². The van der Waals surface area contributed by atoms with Crippen LogP contribution in [0, 0.1) is 13.8 Å². The molecule has 0 fully saturated rings. The second kappa shape index (κ2) is 9.73. The second-order valence-electron chi connectivity index (χ2n) is 10.0. The van der Waals surface area contributed by atoms with Gasteiger partial charge in [0.05, 0.1) is 12.8 Å². The number of nitrogens with zero attached hydrogens (tertiary/aromatic N) is 2. The minimum absolute atomic E-state index is 0.145. The van der Waals surface area contributed by atoms with E-state index in [1.54, 1.807) is 7.11 Å². The van der Waals surface area contributed by atoms with Crippen LogP contribution in [0.2, 0.25) is 5.02 Å². The van der Waals surface area contributed by atoms with Gasteiger partial charge in [-0.25, -0.2) is 0 Å². The minimum atomic E-state index is -0.145. The van der Waals surface area contributed by atoms with Crippen molar-refractivity contribution in [2.75, 3.05) is 12.4 Å². The Balaban J connectivity index is 1.60. The summed E-state index contributed by atoms with van der Waals surface area (Å²) in [6.07, 6.45) is 5.17. The third-order valence-electron chi connectivity index (χ3n) is 7.61. The first-order valence-corrected chi connectivity index (χ1v) is 13.4. The molecule has 1 N–H and O–H groups in total. The van der Waals surface area contributed by atoms with Gasteiger partial charge in [0, 0.05) is 40.6 Å². The molecule has 38 heavy (non-hydrogen) atoms. The number of carbonyl (C=O) groups excluding carboxylic acids is 1. The number of rotatable bonds is 5. The van der Waals surface area contributed by atoms with Crippen molar-refractivity contribution in [1.29, 1.82) is 0 Å². The van der Waals surface area contributed by atoms with Gasteiger partial charge in [-0.15, -0.1) is 0 Å². The van der Waals surface area contributed by atoms with Crippen molar-refractivity contribution in [3.8, 4) is 28.1 Å². The lowest BCUT2D eigenvalue weighted by Gasteiger charge is -2.12. The van der Waals surface area contributed by atoms with E-state index >= 15 is 0 Å². The molecule has 0 atom stereocenters. The zero-order valence-corrected chi connectivity index (χ0v) is 22.6. The molecule has 3 aromatic carbocycles. The van der Waals surface area contributed by atoms with Crippen molar-refractivity contribution < 1.29 is 9.53 Å². The van der Waals surface area contributed by atoms with E-state index in [1.165, 1.54) is 16.7 Å². The molecule has 192 valence electrons. The molecule has 1 amide bonds. The van der Waals surface area contributed by atoms with Gasteiger partial charge in [0.1, 0.15) is 17.1 Å². The number of methoxy groups -OCH3 is 1. The summed E-state index contributed by atoms with van der Waals surface area (Å²) in [6.45, 7) is 5.14. The Kier molecular flexibility index (Phi) is 6.24. The van der Waals surface area contributed by atoms with Crippen LogP contribution < -0.4 is 10.1 Å². The Hall–Kier alpha value is -3.96. The van der Waals surface area contributed by atoms with Gasteiger partial charge in [-0.2, -0.15) is 0 Å². The molecule has 5 aromatic rings. The zero-order valence-electron chi connectivity index (χ0n) is 21.8. The van der Waals surface area contributed by atoms with E-state index in [0.29, 0.717) is 22.2 Å². The Morgan fingerprint density at radius 1 is 0.947 bits per heavy atom. The van der Waals surface area contributed by atoms with Gasteiger partial charge in [-0.1, -0.05) is 48.0 Å². The van der Waals surface area contributed by atoms with Crippen LogP contribution in [0.4, 0.5) is 5.69 Å². The van der Waals surface area contributed by atoms with E-state index in [1.807, 2.05) is 48.5 Å². The number of nitrogens with one attached hydrogen (secondary N) is 1. The van der Waals surface area contributed by atoms with E-state index in [9.17, 15) is 4.79 Å². The molecule has 1 aliphatic rings. The average molecular weight is 524 g/mol. The van der Waals surface area contributed by atoms with Crippen LogP contribution in [0.25, 0.3) is 28.0 Å². The van der Waals surface area contributed by atoms with Gasteiger partial charge in [0.15, 0.2) is 0 Å². The standard InChI is InChI=1S/C32H30ClN3O2/c1-20-10-11-23(17-21(20)2)29-27-9-4-5-16-35-28(22-12-14-24(33)15-13-22)19-36(32(27)35)30(29)31(37)34-25-7-6-8-26(18-25)38-3/h6-8,10-15,17-19H,4-5,9,16H2,1-3H3,(H,34,37). The molecule has 0 unspecified atom stereocenters. The molecule has 0 radical (unpaired) electrons. The van der Waals surface area contributed by atoms with E-state index in [4.69, 9.17) is 16.3 Å². The first-order valence-electron chi connectivity index (χ1n) is 13.0. The van der Waals surface area contributed by atoms with Crippen LogP contribution >= 0.6 is 11.6 Å². The maximum atomic E-state index is 14.1. The number of amides is 1. The van der Waals surface area contributed by atoms with E-state index in [-0.39, 0.29) is 5.91 Å². The Bertz CT molecular complexity index is 1680. The first kappa shape index (κ1) is 24.4. The third kappa shape index (κ3) is 4.17. The van der Waals surface area contributed by atoms with Crippen molar-refractivity contribution >= 4 is 28.8 Å². The van der Waals surface area contributed by atoms with Crippen molar-refractivity contribution in [2.45, 2.75) is 39.7 Å². The fraction of sp³-hybridized carbons (Fsp3) is 0.219. The summed E-state index contributed by atoms with van der Waals surface area (Å²) >= 11 is 6.20. The third-order valence-corrected chi connectivity index (χ3v) is 7.86. The van der Waals surface area contributed by atoms with Crippen molar-refractivity contribution in [3.63, 3.8) is 0 Å². The minimum Gasteiger partial charge on any atom is -0.497 e. The van der Waals surface area contributed by atoms with Gasteiger partial charge in [0.25, 0.3) is 5.91 Å². The molecule has 0 saturated heterocycles. The smallest absolute Gasteiger partial charge is 0.273 e. The normalized spacial score (nSPS) is 12.9. The number of hydrogen-bond donors (Lipinski definition) is 1. The van der Waals surface area contributed by atoms with Crippen LogP contribution in [0.1, 0.15) is 40.0 Å². The van der Waals surface area contributed by atoms with Crippen molar-refractivity contribution in [3.05, 3.63) is 100 Å². The molecule has 2 aromatic heterocycles. The summed E-state index contributed by atoms with van der Waals surface area (Å²) in [5.74, 6) is 0.553. The van der Waals surface area contributed by atoms with Gasteiger partial charge in [-0.3, -0.25) is 9.20 Å². The molecule has 0 aliphatic carbocycles. The van der Waals surface area contributed by atoms with E-state index in [2.05, 4.69) is 52.5 Å². The van der Waals surface area contributed by atoms with Gasteiger partial charge >= 0.3 is 0 Å². The summed E-state index contributed by atoms with van der Waals surface area (Å²) in [6, 6.07) is 21.9. The molecule has 3 heterocycles. The van der Waals surface area contributed by atoms with Crippen molar-refractivity contribution in [2.24, 2.45) is 0 Å². The fourth-order valence-electron chi connectivity index (χ4n) is 5.56. The topological polar surface area (TPSA) is 47.7 Å². The number of benzene rings is 3. The number of aromatic nitrogens is 2. The van der Waals surface area contributed by atoms with Crippen LogP contribution in [-0.4, -0.2) is 22.0 Å². The number of imidazole rings is 1. The lowest BCUT2D eigenvalue weighted by molar-refractivity contribution is 0.102. The zero-order chi connectivity index (χ0) is 26.4. The Morgan fingerprint density at radius 2 is 1.74 bits per heavy atom. The quantitative estimate of drug-likeness (QED) is 0.254. The highest BCUT2D eigenvalue weighted by Crippen LogP contribution is 2.40. The number of aryl methyl sites for hydroxylation is 4. The van der Waals surface area contributed by atoms with Crippen LogP contribution in [0.3, 0.4) is 0 Å². The Morgan fingerprint density at radius 3 is 2.50 bits per heavy atom. The maximum absolute atomic E-state index is 14.1. The largest absolute Gasteiger partial charge is 0.497 e. The summed E-state index contributed by atoms with van der Waals surface area (Å²) < 4.78 is 9.86. The number of hydrogen-bond acceptors (Lipinski definition) is 2. The fourth-order valence-corrected chi connectivity index (χ4v) is 5.68. The molecular formula is C32H30ClN3O2. The highest BCUT2D eigenvalue weighted by atomic mass is 35.5. The number of halogens is 1. The number of anilines is 1. The molecular weight excluding hydrogens is 494 g/mol. The molecule has 6 rings (SSSR count). The van der Waals surface area contributed by atoms with Gasteiger partial charge in [0.2, 0.25) is 0 Å². The molecule has 5 nitrogen and oxygen atoms in total. The Labute approximate surface area is 227 Å². The van der Waals surface area contributed by atoms with Gasteiger partial charge in [-0.05, 0) is 79.6 Å². The molecule has 1 aliphatic heterocycles. The molecule has 0 spiro atoms. The van der Waals surface area contributed by atoms with Crippen molar-refractivity contribution in [1.82, 2.24) is 8.97 Å². The monoisotopic (exact) mass is 523 g/mol. The highest BCUT2D eigenvalue weighted by Gasteiger charge is 2.29. The summed E-state index contributed by atoms with van der Waals surface area (Å²) in [4.78, 5) is 14.1. The predicted octanol–water partition coefficient (Wildman–Crippen LogP) is 7.94. The first-order chi connectivity index (χ1) is 18.4. The van der Waals surface area contributed by atoms with Crippen LogP contribution in [0.15, 0.2) is 72.9 Å². The second-order valence-corrected chi connectivity index (χ2v) is 10.4. The summed E-state index contributed by atoms with van der Waals surface area (Å²) in [5.41, 5.74) is 10.4. The summed E-state index contributed by atoms with van der Waals surface area (Å²) in [7, 11) is 1.63. The molecule has 0 saturated carbocycles. The number of carbonyl (C=O) groups is 1. The molecule has 6 heteroatoms. The highest BCUT2D eigenvalue weighted by molar-refractivity contribution is 6.30. The van der Waals surface area contributed by atoms with E-state index in [0.717, 1.165) is 53.8 Å². The average Bonchev–Trinajstić information content (AvgIpc) is 3.33. The summed E-state index contributed by atoms with van der Waals surface area (Å²) in [5, 5.41) is 3.85. The lowest BCUT2D eigenvalue weighted by Crippen LogP contribution is -2.15. The SMILES string of the molecule is COc1cccc(NC(=O)c2c(-c3ccc(C)c(C)c3)c3c4n(c(-c5ccc(Cl)cc5)cn24)CCCC3)c1. The van der Waals surface area contributed by atoms with Gasteiger partial charge < -0.3 is 14.6 Å².